The van der Waals surface area contributed by atoms with Crippen molar-refractivity contribution in [3.05, 3.63) is 12.2 Å². The third kappa shape index (κ3) is 6.37. The van der Waals surface area contributed by atoms with Gasteiger partial charge in [0, 0.05) is 0 Å². The van der Waals surface area contributed by atoms with E-state index in [1.807, 2.05) is 0 Å². The molecule has 0 atom stereocenters. The van der Waals surface area contributed by atoms with Crippen LogP contribution in [0.4, 0.5) is 0 Å². The van der Waals surface area contributed by atoms with Gasteiger partial charge in [0.05, 0.1) is 11.5 Å². The SMILES string of the molecule is C=C(C)CS(=O)(=O)CCCCN. The Bertz CT molecular complexity index is 231. The average molecular weight is 191 g/mol. The van der Waals surface area contributed by atoms with Crippen LogP contribution in [0.2, 0.25) is 0 Å². The van der Waals surface area contributed by atoms with Gasteiger partial charge in [-0.15, -0.1) is 0 Å². The molecule has 0 saturated heterocycles. The Morgan fingerprint density at radius 2 is 2.00 bits per heavy atom. The molecule has 0 aromatic carbocycles. The zero-order valence-corrected chi connectivity index (χ0v) is 8.36. The zero-order chi connectivity index (χ0) is 9.61. The lowest BCUT2D eigenvalue weighted by Crippen LogP contribution is -2.12. The first kappa shape index (κ1) is 11.6. The second kappa shape index (κ2) is 5.32. The Hall–Kier alpha value is -0.350. The molecule has 0 fully saturated rings. The molecule has 0 aliphatic rings. The number of unbranched alkanes of at least 4 members (excludes halogenated alkanes) is 1. The van der Waals surface area contributed by atoms with E-state index in [-0.39, 0.29) is 11.5 Å². The highest BCUT2D eigenvalue weighted by Crippen LogP contribution is 2.01. The van der Waals surface area contributed by atoms with Gasteiger partial charge in [0.15, 0.2) is 9.84 Å². The van der Waals surface area contributed by atoms with Gasteiger partial charge in [-0.05, 0) is 26.3 Å². The molecule has 72 valence electrons. The van der Waals surface area contributed by atoms with Crippen molar-refractivity contribution >= 4 is 9.84 Å². The van der Waals surface area contributed by atoms with Gasteiger partial charge in [-0.2, -0.15) is 0 Å². The van der Waals surface area contributed by atoms with Crippen LogP contribution in [0.3, 0.4) is 0 Å². The highest BCUT2D eigenvalue weighted by atomic mass is 32.2. The van der Waals surface area contributed by atoms with Crippen molar-refractivity contribution in [1.82, 2.24) is 0 Å². The molecule has 0 amide bonds. The van der Waals surface area contributed by atoms with E-state index >= 15 is 0 Å². The molecule has 0 radical (unpaired) electrons. The van der Waals surface area contributed by atoms with Crippen LogP contribution < -0.4 is 5.73 Å². The smallest absolute Gasteiger partial charge is 0.154 e. The summed E-state index contributed by atoms with van der Waals surface area (Å²) >= 11 is 0. The number of hydrogen-bond acceptors (Lipinski definition) is 3. The Balaban J connectivity index is 3.81. The van der Waals surface area contributed by atoms with Gasteiger partial charge in [-0.1, -0.05) is 12.2 Å². The van der Waals surface area contributed by atoms with Crippen LogP contribution >= 0.6 is 0 Å². The molecule has 2 N–H and O–H groups in total. The number of nitrogens with two attached hydrogens (primary N) is 1. The van der Waals surface area contributed by atoms with Crippen molar-refractivity contribution in [1.29, 1.82) is 0 Å². The fraction of sp³-hybridized carbons (Fsp3) is 0.750. The first-order valence-electron chi connectivity index (χ1n) is 4.03. The Morgan fingerprint density at radius 3 is 2.42 bits per heavy atom. The van der Waals surface area contributed by atoms with E-state index in [4.69, 9.17) is 5.73 Å². The molecule has 0 aliphatic heterocycles. The van der Waals surface area contributed by atoms with Crippen LogP contribution in [-0.2, 0) is 9.84 Å². The monoisotopic (exact) mass is 191 g/mol. The van der Waals surface area contributed by atoms with Gasteiger partial charge in [0.2, 0.25) is 0 Å². The molecule has 0 aromatic heterocycles. The lowest BCUT2D eigenvalue weighted by Gasteiger charge is -2.02. The second-order valence-electron chi connectivity index (χ2n) is 3.04. The summed E-state index contributed by atoms with van der Waals surface area (Å²) in [6, 6.07) is 0. The fourth-order valence-electron chi connectivity index (χ4n) is 0.914. The zero-order valence-electron chi connectivity index (χ0n) is 7.54. The summed E-state index contributed by atoms with van der Waals surface area (Å²) in [5, 5.41) is 0. The Kier molecular flexibility index (Phi) is 5.17. The molecule has 0 heterocycles. The fourth-order valence-corrected chi connectivity index (χ4v) is 2.45. The summed E-state index contributed by atoms with van der Waals surface area (Å²) in [5.41, 5.74) is 5.94. The van der Waals surface area contributed by atoms with E-state index in [1.165, 1.54) is 0 Å². The summed E-state index contributed by atoms with van der Waals surface area (Å²) in [6.07, 6.45) is 1.43. The molecule has 4 heteroatoms. The second-order valence-corrected chi connectivity index (χ2v) is 5.23. The van der Waals surface area contributed by atoms with Crippen LogP contribution in [0.1, 0.15) is 19.8 Å². The van der Waals surface area contributed by atoms with Crippen LogP contribution in [0.25, 0.3) is 0 Å². The van der Waals surface area contributed by atoms with E-state index in [0.717, 1.165) is 6.42 Å². The summed E-state index contributed by atoms with van der Waals surface area (Å²) in [5.74, 6) is 0.342. The van der Waals surface area contributed by atoms with Crippen LogP contribution in [0, 0.1) is 0 Å². The van der Waals surface area contributed by atoms with Gasteiger partial charge in [-0.3, -0.25) is 0 Å². The first-order valence-corrected chi connectivity index (χ1v) is 5.85. The minimum absolute atomic E-state index is 0.109. The van der Waals surface area contributed by atoms with Gasteiger partial charge in [-0.25, -0.2) is 8.42 Å². The highest BCUT2D eigenvalue weighted by Gasteiger charge is 2.09. The van der Waals surface area contributed by atoms with E-state index in [2.05, 4.69) is 6.58 Å². The average Bonchev–Trinajstić information content (AvgIpc) is 1.84. The topological polar surface area (TPSA) is 60.2 Å². The predicted octanol–water partition coefficient (Wildman–Crippen LogP) is 0.716. The van der Waals surface area contributed by atoms with Crippen LogP contribution in [0.5, 0.6) is 0 Å². The van der Waals surface area contributed by atoms with Crippen molar-refractivity contribution in [2.45, 2.75) is 19.8 Å². The molecule has 0 aromatic rings. The predicted molar refractivity (Wildman–Crippen MR) is 51.8 cm³/mol. The molecule has 0 rings (SSSR count). The van der Waals surface area contributed by atoms with Crippen molar-refractivity contribution in [2.24, 2.45) is 5.73 Å². The van der Waals surface area contributed by atoms with Crippen molar-refractivity contribution in [2.75, 3.05) is 18.1 Å². The summed E-state index contributed by atoms with van der Waals surface area (Å²) in [7, 11) is -2.91. The molecule has 12 heavy (non-hydrogen) atoms. The molecule has 0 aliphatic carbocycles. The van der Waals surface area contributed by atoms with Crippen molar-refractivity contribution in [3.63, 3.8) is 0 Å². The maximum absolute atomic E-state index is 11.2. The Morgan fingerprint density at radius 1 is 1.42 bits per heavy atom. The number of sulfone groups is 1. The molecule has 0 unspecified atom stereocenters. The first-order chi connectivity index (χ1) is 5.48. The van der Waals surface area contributed by atoms with Crippen molar-refractivity contribution in [3.8, 4) is 0 Å². The van der Waals surface area contributed by atoms with Gasteiger partial charge in [0.1, 0.15) is 0 Å². The summed E-state index contributed by atoms with van der Waals surface area (Å²) in [4.78, 5) is 0. The van der Waals surface area contributed by atoms with E-state index in [0.29, 0.717) is 18.5 Å². The highest BCUT2D eigenvalue weighted by molar-refractivity contribution is 7.91. The van der Waals surface area contributed by atoms with Gasteiger partial charge in [0.25, 0.3) is 0 Å². The lowest BCUT2D eigenvalue weighted by molar-refractivity contribution is 0.594. The lowest BCUT2D eigenvalue weighted by atomic mass is 10.3. The summed E-state index contributed by atoms with van der Waals surface area (Å²) in [6.45, 7) is 5.85. The minimum Gasteiger partial charge on any atom is -0.330 e. The maximum Gasteiger partial charge on any atom is 0.154 e. The Labute approximate surface area is 74.6 Å². The molecule has 3 nitrogen and oxygen atoms in total. The summed E-state index contributed by atoms with van der Waals surface area (Å²) < 4.78 is 22.4. The quantitative estimate of drug-likeness (QED) is 0.497. The van der Waals surface area contributed by atoms with Crippen LogP contribution in [0.15, 0.2) is 12.2 Å². The van der Waals surface area contributed by atoms with Crippen LogP contribution in [-0.4, -0.2) is 26.5 Å². The largest absolute Gasteiger partial charge is 0.330 e. The minimum atomic E-state index is -2.91. The maximum atomic E-state index is 11.2. The third-order valence-electron chi connectivity index (χ3n) is 1.38. The molecule has 0 spiro atoms. The number of hydrogen-bond donors (Lipinski definition) is 1. The van der Waals surface area contributed by atoms with E-state index in [1.54, 1.807) is 6.92 Å². The van der Waals surface area contributed by atoms with Gasteiger partial charge < -0.3 is 5.73 Å². The molecular weight excluding hydrogens is 174 g/mol. The number of rotatable bonds is 6. The van der Waals surface area contributed by atoms with E-state index in [9.17, 15) is 8.42 Å². The van der Waals surface area contributed by atoms with Gasteiger partial charge >= 0.3 is 0 Å². The molecule has 0 saturated carbocycles. The molecule has 0 bridgehead atoms. The normalized spacial score (nSPS) is 11.5. The van der Waals surface area contributed by atoms with Crippen molar-refractivity contribution < 1.29 is 8.42 Å². The standard InChI is InChI=1S/C8H17NO2S/c1-8(2)7-12(10,11)6-4-3-5-9/h1,3-7,9H2,2H3. The third-order valence-corrected chi connectivity index (χ3v) is 3.22. The van der Waals surface area contributed by atoms with E-state index < -0.39 is 9.84 Å². The molecular formula is C8H17NO2S.